The van der Waals surface area contributed by atoms with Crippen LogP contribution in [0.2, 0.25) is 4.34 Å². The molecule has 0 saturated carbocycles. The van der Waals surface area contributed by atoms with E-state index in [2.05, 4.69) is 4.90 Å². The molecule has 28 heavy (non-hydrogen) atoms. The maximum absolute atomic E-state index is 12.4. The summed E-state index contributed by atoms with van der Waals surface area (Å²) in [6.45, 7) is 4.09. The van der Waals surface area contributed by atoms with Gasteiger partial charge in [-0.1, -0.05) is 17.7 Å². The smallest absolute Gasteiger partial charge is 0.231 e. The Hall–Kier alpha value is -2.09. The van der Waals surface area contributed by atoms with Gasteiger partial charge in [0.2, 0.25) is 12.7 Å². The molecular weight excluding hydrogens is 400 g/mol. The van der Waals surface area contributed by atoms with Gasteiger partial charge in [0.05, 0.1) is 9.21 Å². The van der Waals surface area contributed by atoms with E-state index in [1.165, 1.54) is 16.9 Å². The van der Waals surface area contributed by atoms with Gasteiger partial charge in [-0.3, -0.25) is 14.5 Å². The molecule has 2 aromatic rings. The number of carbonyl (C=O) groups excluding carboxylic acids is 2. The molecule has 0 radical (unpaired) electrons. The molecule has 1 saturated heterocycles. The lowest BCUT2D eigenvalue weighted by atomic mass is 10.1. The highest BCUT2D eigenvalue weighted by Gasteiger charge is 2.22. The molecule has 2 aliphatic heterocycles. The van der Waals surface area contributed by atoms with Crippen LogP contribution in [0.4, 0.5) is 0 Å². The monoisotopic (exact) mass is 420 g/mol. The lowest BCUT2D eigenvalue weighted by Crippen LogP contribution is -2.48. The molecule has 8 heteroatoms. The molecule has 0 aliphatic carbocycles. The van der Waals surface area contributed by atoms with Gasteiger partial charge < -0.3 is 14.4 Å². The number of carbonyl (C=O) groups is 2. The molecule has 0 N–H and O–H groups in total. The van der Waals surface area contributed by atoms with Crippen LogP contribution in [-0.4, -0.2) is 54.5 Å². The number of nitrogens with zero attached hydrogens (tertiary/aromatic N) is 2. The number of piperazine rings is 1. The number of benzene rings is 1. The third-order valence-corrected chi connectivity index (χ3v) is 6.25. The predicted octanol–water partition coefficient (Wildman–Crippen LogP) is 3.44. The number of hydrogen-bond donors (Lipinski definition) is 0. The highest BCUT2D eigenvalue weighted by Crippen LogP contribution is 2.32. The van der Waals surface area contributed by atoms with Gasteiger partial charge >= 0.3 is 0 Å². The minimum atomic E-state index is -0.0216. The number of ketones is 1. The van der Waals surface area contributed by atoms with Crippen LogP contribution in [0.3, 0.4) is 0 Å². The number of ether oxygens (including phenoxy) is 2. The number of hydrogen-bond acceptors (Lipinski definition) is 6. The zero-order valence-electron chi connectivity index (χ0n) is 15.4. The van der Waals surface area contributed by atoms with Gasteiger partial charge in [-0.05, 0) is 29.8 Å². The van der Waals surface area contributed by atoms with Crippen molar-refractivity contribution in [2.45, 2.75) is 19.4 Å². The molecule has 4 rings (SSSR count). The maximum atomic E-state index is 12.4. The minimum absolute atomic E-state index is 0.0216. The second-order valence-electron chi connectivity index (χ2n) is 6.87. The van der Waals surface area contributed by atoms with Crippen LogP contribution >= 0.6 is 22.9 Å². The first-order valence-corrected chi connectivity index (χ1v) is 10.4. The summed E-state index contributed by atoms with van der Waals surface area (Å²) >= 11 is 7.12. The predicted molar refractivity (Wildman–Crippen MR) is 107 cm³/mol. The van der Waals surface area contributed by atoms with Crippen LogP contribution in [0.1, 0.15) is 28.1 Å². The standard InChI is InChI=1S/C20H21ClN2O4S/c21-19-5-4-18(28-19)15(24)2-6-20(25)23-9-7-22(8-10-23)12-14-1-3-16-17(11-14)27-13-26-16/h1,3-5,11H,2,6-10,12-13H2. The third-order valence-electron chi connectivity index (χ3n) is 4.98. The van der Waals surface area contributed by atoms with Crippen LogP contribution in [0.25, 0.3) is 0 Å². The second kappa shape index (κ2) is 8.51. The van der Waals surface area contributed by atoms with Crippen molar-refractivity contribution in [3.8, 4) is 11.5 Å². The average Bonchev–Trinajstić information content (AvgIpc) is 3.35. The lowest BCUT2D eigenvalue weighted by Gasteiger charge is -2.34. The Morgan fingerprint density at radius 3 is 2.54 bits per heavy atom. The second-order valence-corrected chi connectivity index (χ2v) is 8.59. The van der Waals surface area contributed by atoms with Crippen LogP contribution in [0.15, 0.2) is 30.3 Å². The van der Waals surface area contributed by atoms with Crippen molar-refractivity contribution < 1.29 is 19.1 Å². The molecule has 1 amide bonds. The molecule has 0 atom stereocenters. The van der Waals surface area contributed by atoms with Gasteiger partial charge in [0, 0.05) is 45.6 Å². The van der Waals surface area contributed by atoms with Crippen molar-refractivity contribution in [2.24, 2.45) is 0 Å². The van der Waals surface area contributed by atoms with Crippen LogP contribution < -0.4 is 9.47 Å². The quantitative estimate of drug-likeness (QED) is 0.670. The Balaban J connectivity index is 1.22. The largest absolute Gasteiger partial charge is 0.454 e. The SMILES string of the molecule is O=C(CCC(=O)N1CCN(Cc2ccc3c(c2)OCO3)CC1)c1ccc(Cl)s1. The summed E-state index contributed by atoms with van der Waals surface area (Å²) in [7, 11) is 0. The topological polar surface area (TPSA) is 59.1 Å². The molecule has 6 nitrogen and oxygen atoms in total. The van der Waals surface area contributed by atoms with Crippen molar-refractivity contribution >= 4 is 34.6 Å². The Morgan fingerprint density at radius 1 is 1.00 bits per heavy atom. The summed E-state index contributed by atoms with van der Waals surface area (Å²) in [5.41, 5.74) is 1.17. The summed E-state index contributed by atoms with van der Waals surface area (Å²) in [4.78, 5) is 29.4. The van der Waals surface area contributed by atoms with Gasteiger partial charge in [-0.15, -0.1) is 11.3 Å². The molecule has 148 valence electrons. The molecule has 1 aromatic carbocycles. The molecular formula is C20H21ClN2O4S. The molecule has 0 spiro atoms. The summed E-state index contributed by atoms with van der Waals surface area (Å²) in [5.74, 6) is 1.60. The molecule has 0 unspecified atom stereocenters. The van der Waals surface area contributed by atoms with Gasteiger partial charge in [0.1, 0.15) is 0 Å². The van der Waals surface area contributed by atoms with Crippen molar-refractivity contribution in [3.05, 3.63) is 45.1 Å². The van der Waals surface area contributed by atoms with Crippen molar-refractivity contribution in [3.63, 3.8) is 0 Å². The fourth-order valence-electron chi connectivity index (χ4n) is 3.42. The first kappa shape index (κ1) is 19.2. The number of fused-ring (bicyclic) bond motifs is 1. The van der Waals surface area contributed by atoms with Crippen molar-refractivity contribution in [2.75, 3.05) is 33.0 Å². The van der Waals surface area contributed by atoms with E-state index < -0.39 is 0 Å². The van der Waals surface area contributed by atoms with E-state index in [1.807, 2.05) is 23.1 Å². The van der Waals surface area contributed by atoms with E-state index in [9.17, 15) is 9.59 Å². The summed E-state index contributed by atoms with van der Waals surface area (Å²) < 4.78 is 11.4. The van der Waals surface area contributed by atoms with E-state index >= 15 is 0 Å². The first-order valence-electron chi connectivity index (χ1n) is 9.26. The number of thiophene rings is 1. The van der Waals surface area contributed by atoms with Crippen molar-refractivity contribution in [1.29, 1.82) is 0 Å². The lowest BCUT2D eigenvalue weighted by molar-refractivity contribution is -0.132. The first-order chi connectivity index (χ1) is 13.6. The van der Waals surface area contributed by atoms with Gasteiger partial charge in [0.15, 0.2) is 17.3 Å². The molecule has 1 fully saturated rings. The number of halogens is 1. The molecule has 0 bridgehead atoms. The Kier molecular flexibility index (Phi) is 5.85. The van der Waals surface area contributed by atoms with Crippen molar-refractivity contribution in [1.82, 2.24) is 9.80 Å². The number of amides is 1. The molecule has 1 aromatic heterocycles. The number of Topliss-reactive ketones (excluding diaryl/α,β-unsaturated/α-hetero) is 1. The fraction of sp³-hybridized carbons (Fsp3) is 0.400. The van der Waals surface area contributed by atoms with Gasteiger partial charge in [0.25, 0.3) is 0 Å². The zero-order valence-corrected chi connectivity index (χ0v) is 16.9. The Labute approximate surface area is 172 Å². The molecule has 2 aliphatic rings. The van der Waals surface area contributed by atoms with E-state index in [4.69, 9.17) is 21.1 Å². The summed E-state index contributed by atoms with van der Waals surface area (Å²) in [6.07, 6.45) is 0.476. The van der Waals surface area contributed by atoms with E-state index in [0.29, 0.717) is 22.3 Å². The van der Waals surface area contributed by atoms with Crippen LogP contribution in [0.5, 0.6) is 11.5 Å². The normalized spacial score (nSPS) is 16.4. The average molecular weight is 421 g/mol. The zero-order chi connectivity index (χ0) is 19.5. The van der Waals surface area contributed by atoms with Gasteiger partial charge in [-0.25, -0.2) is 0 Å². The summed E-state index contributed by atoms with van der Waals surface area (Å²) in [6, 6.07) is 9.43. The van der Waals surface area contributed by atoms with E-state index in [0.717, 1.165) is 31.1 Å². The highest BCUT2D eigenvalue weighted by atomic mass is 35.5. The van der Waals surface area contributed by atoms with E-state index in [-0.39, 0.29) is 31.3 Å². The number of rotatable bonds is 6. The van der Waals surface area contributed by atoms with Crippen LogP contribution in [-0.2, 0) is 11.3 Å². The maximum Gasteiger partial charge on any atom is 0.231 e. The fourth-order valence-corrected chi connectivity index (χ4v) is 4.43. The third kappa shape index (κ3) is 4.48. The van der Waals surface area contributed by atoms with E-state index in [1.54, 1.807) is 12.1 Å². The molecule has 3 heterocycles. The minimum Gasteiger partial charge on any atom is -0.454 e. The Morgan fingerprint density at radius 2 is 1.79 bits per heavy atom. The Bertz CT molecular complexity index is 877. The summed E-state index contributed by atoms with van der Waals surface area (Å²) in [5, 5.41) is 0. The highest BCUT2D eigenvalue weighted by molar-refractivity contribution is 7.18. The van der Waals surface area contributed by atoms with Crippen LogP contribution in [0, 0.1) is 0 Å². The van der Waals surface area contributed by atoms with Gasteiger partial charge in [-0.2, -0.15) is 0 Å².